The van der Waals surface area contributed by atoms with Crippen LogP contribution in [0.1, 0.15) is 24.2 Å². The van der Waals surface area contributed by atoms with Gasteiger partial charge in [-0.05, 0) is 13.8 Å². The van der Waals surface area contributed by atoms with Crippen molar-refractivity contribution in [3.63, 3.8) is 0 Å². The Bertz CT molecular complexity index is 393. The van der Waals surface area contributed by atoms with E-state index in [1.54, 1.807) is 6.08 Å². The molecule has 0 bridgehead atoms. The number of alkyl halides is 1. The van der Waals surface area contributed by atoms with Gasteiger partial charge >= 0.3 is 0 Å². The summed E-state index contributed by atoms with van der Waals surface area (Å²) < 4.78 is 10.3. The predicted octanol–water partition coefficient (Wildman–Crippen LogP) is 3.59. The standard InChI is InChI=1S/C14H17IO3/c1-3-17-13(18-4-2)10-12(15)14(16)11-8-6-5-7-9-11/h5-10,12H,3-4H2,1-2H3. The van der Waals surface area contributed by atoms with Crippen LogP contribution in [0.2, 0.25) is 0 Å². The third-order valence-corrected chi connectivity index (χ3v) is 3.09. The van der Waals surface area contributed by atoms with Crippen LogP contribution in [0.3, 0.4) is 0 Å². The van der Waals surface area contributed by atoms with Crippen LogP contribution in [0.4, 0.5) is 0 Å². The molecular weight excluding hydrogens is 343 g/mol. The first-order valence-corrected chi connectivity index (χ1v) is 7.14. The molecular formula is C14H17IO3. The fraction of sp³-hybridized carbons (Fsp3) is 0.357. The summed E-state index contributed by atoms with van der Waals surface area (Å²) in [6.45, 7) is 4.81. The first-order valence-electron chi connectivity index (χ1n) is 5.89. The molecule has 98 valence electrons. The molecule has 3 nitrogen and oxygen atoms in total. The first-order chi connectivity index (χ1) is 8.69. The summed E-state index contributed by atoms with van der Waals surface area (Å²) >= 11 is 2.08. The van der Waals surface area contributed by atoms with Crippen molar-refractivity contribution in [3.05, 3.63) is 47.9 Å². The van der Waals surface area contributed by atoms with E-state index in [-0.39, 0.29) is 9.71 Å². The predicted molar refractivity (Wildman–Crippen MR) is 79.9 cm³/mol. The van der Waals surface area contributed by atoms with Gasteiger partial charge < -0.3 is 9.47 Å². The summed E-state index contributed by atoms with van der Waals surface area (Å²) in [5.74, 6) is 0.469. The Kier molecular flexibility index (Phi) is 6.78. The van der Waals surface area contributed by atoms with Crippen LogP contribution in [0, 0.1) is 0 Å². The van der Waals surface area contributed by atoms with Crippen LogP contribution >= 0.6 is 22.6 Å². The number of hydrogen-bond acceptors (Lipinski definition) is 3. The molecule has 0 aromatic heterocycles. The molecule has 0 spiro atoms. The SMILES string of the molecule is CCOC(=CC(I)C(=O)c1ccccc1)OCC. The minimum Gasteiger partial charge on any atom is -0.466 e. The Balaban J connectivity index is 2.76. The summed E-state index contributed by atoms with van der Waals surface area (Å²) in [4.78, 5) is 12.1. The molecule has 0 amide bonds. The fourth-order valence-corrected chi connectivity index (χ4v) is 2.03. The number of hydrogen-bond donors (Lipinski definition) is 0. The zero-order chi connectivity index (χ0) is 13.4. The topological polar surface area (TPSA) is 35.5 Å². The number of carbonyl (C=O) groups excluding carboxylic acids is 1. The van der Waals surface area contributed by atoms with E-state index in [0.717, 1.165) is 0 Å². The average Bonchev–Trinajstić information content (AvgIpc) is 2.39. The molecule has 0 fully saturated rings. The number of rotatable bonds is 7. The largest absolute Gasteiger partial charge is 0.466 e. The Hall–Kier alpha value is -1.04. The normalized spacial score (nSPS) is 11.5. The van der Waals surface area contributed by atoms with Crippen LogP contribution in [-0.2, 0) is 9.47 Å². The number of carbonyl (C=O) groups is 1. The Morgan fingerprint density at radius 3 is 2.28 bits per heavy atom. The van der Waals surface area contributed by atoms with Crippen LogP contribution in [0.5, 0.6) is 0 Å². The van der Waals surface area contributed by atoms with Crippen LogP contribution in [-0.4, -0.2) is 22.9 Å². The maximum Gasteiger partial charge on any atom is 0.276 e. The van der Waals surface area contributed by atoms with E-state index in [2.05, 4.69) is 22.6 Å². The molecule has 0 saturated heterocycles. The van der Waals surface area contributed by atoms with E-state index in [4.69, 9.17) is 9.47 Å². The van der Waals surface area contributed by atoms with Crippen molar-refractivity contribution in [1.82, 2.24) is 0 Å². The zero-order valence-corrected chi connectivity index (χ0v) is 12.7. The van der Waals surface area contributed by atoms with E-state index in [1.165, 1.54) is 0 Å². The van der Waals surface area contributed by atoms with Gasteiger partial charge in [0.25, 0.3) is 5.95 Å². The minimum atomic E-state index is -0.293. The van der Waals surface area contributed by atoms with Gasteiger partial charge in [-0.1, -0.05) is 52.9 Å². The molecule has 18 heavy (non-hydrogen) atoms. The molecule has 0 heterocycles. The van der Waals surface area contributed by atoms with Gasteiger partial charge in [0.05, 0.1) is 17.1 Å². The van der Waals surface area contributed by atoms with Crippen LogP contribution in [0.15, 0.2) is 42.4 Å². The van der Waals surface area contributed by atoms with Gasteiger partial charge in [-0.15, -0.1) is 0 Å². The number of Topliss-reactive ketones (excluding diaryl/α,β-unsaturated/α-hetero) is 1. The number of ketones is 1. The summed E-state index contributed by atoms with van der Waals surface area (Å²) in [7, 11) is 0. The Morgan fingerprint density at radius 2 is 1.78 bits per heavy atom. The first kappa shape index (κ1) is 15.0. The highest BCUT2D eigenvalue weighted by Crippen LogP contribution is 2.15. The van der Waals surface area contributed by atoms with E-state index >= 15 is 0 Å². The molecule has 1 aromatic rings. The van der Waals surface area contributed by atoms with Crippen molar-refractivity contribution >= 4 is 28.4 Å². The molecule has 0 radical (unpaired) electrons. The van der Waals surface area contributed by atoms with Crippen molar-refractivity contribution in [1.29, 1.82) is 0 Å². The lowest BCUT2D eigenvalue weighted by molar-refractivity contribution is 0.0455. The number of ether oxygens (including phenoxy) is 2. The molecule has 4 heteroatoms. The lowest BCUT2D eigenvalue weighted by Gasteiger charge is -2.11. The quantitative estimate of drug-likeness (QED) is 0.323. The van der Waals surface area contributed by atoms with Gasteiger partial charge in [-0.3, -0.25) is 4.79 Å². The summed E-state index contributed by atoms with van der Waals surface area (Å²) in [6.07, 6.45) is 1.71. The van der Waals surface area contributed by atoms with Gasteiger partial charge in [0.1, 0.15) is 0 Å². The van der Waals surface area contributed by atoms with Gasteiger partial charge in [0, 0.05) is 11.6 Å². The molecule has 0 N–H and O–H groups in total. The molecule has 1 rings (SSSR count). The highest BCUT2D eigenvalue weighted by Gasteiger charge is 2.16. The molecule has 1 atom stereocenters. The van der Waals surface area contributed by atoms with Gasteiger partial charge in [0.2, 0.25) is 0 Å². The molecule has 0 saturated carbocycles. The second kappa shape index (κ2) is 8.13. The second-order valence-electron chi connectivity index (χ2n) is 3.48. The van der Waals surface area contributed by atoms with E-state index in [1.807, 2.05) is 44.2 Å². The van der Waals surface area contributed by atoms with Gasteiger partial charge in [-0.25, -0.2) is 0 Å². The van der Waals surface area contributed by atoms with Crippen molar-refractivity contribution in [2.24, 2.45) is 0 Å². The van der Waals surface area contributed by atoms with Crippen molar-refractivity contribution in [3.8, 4) is 0 Å². The van der Waals surface area contributed by atoms with Crippen molar-refractivity contribution in [2.75, 3.05) is 13.2 Å². The molecule has 0 aliphatic rings. The number of benzene rings is 1. The van der Waals surface area contributed by atoms with Gasteiger partial charge in [0.15, 0.2) is 5.78 Å². The maximum absolute atomic E-state index is 12.1. The third kappa shape index (κ3) is 4.68. The lowest BCUT2D eigenvalue weighted by atomic mass is 10.1. The minimum absolute atomic E-state index is 0.0492. The monoisotopic (exact) mass is 360 g/mol. The van der Waals surface area contributed by atoms with Crippen molar-refractivity contribution < 1.29 is 14.3 Å². The average molecular weight is 360 g/mol. The molecule has 0 aliphatic carbocycles. The Labute approximate surface area is 121 Å². The maximum atomic E-state index is 12.1. The van der Waals surface area contributed by atoms with Crippen molar-refractivity contribution in [2.45, 2.75) is 17.8 Å². The number of allylic oxidation sites excluding steroid dienone is 1. The zero-order valence-electron chi connectivity index (χ0n) is 10.6. The molecule has 1 aromatic carbocycles. The molecule has 0 aliphatic heterocycles. The Morgan fingerprint density at radius 1 is 1.22 bits per heavy atom. The highest BCUT2D eigenvalue weighted by molar-refractivity contribution is 14.1. The third-order valence-electron chi connectivity index (χ3n) is 2.16. The van der Waals surface area contributed by atoms with E-state index in [9.17, 15) is 4.79 Å². The number of halogens is 1. The summed E-state index contributed by atoms with van der Waals surface area (Å²) in [5.41, 5.74) is 0.695. The summed E-state index contributed by atoms with van der Waals surface area (Å²) in [6, 6.07) is 9.21. The van der Waals surface area contributed by atoms with Crippen LogP contribution in [0.25, 0.3) is 0 Å². The highest BCUT2D eigenvalue weighted by atomic mass is 127. The smallest absolute Gasteiger partial charge is 0.276 e. The van der Waals surface area contributed by atoms with Gasteiger partial charge in [-0.2, -0.15) is 0 Å². The summed E-state index contributed by atoms with van der Waals surface area (Å²) in [5, 5.41) is 0. The van der Waals surface area contributed by atoms with Crippen LogP contribution < -0.4 is 0 Å². The van der Waals surface area contributed by atoms with E-state index < -0.39 is 0 Å². The second-order valence-corrected chi connectivity index (χ2v) is 4.83. The fourth-order valence-electron chi connectivity index (χ4n) is 1.38. The van der Waals surface area contributed by atoms with E-state index in [0.29, 0.717) is 24.7 Å². The lowest BCUT2D eigenvalue weighted by Crippen LogP contribution is -2.13. The molecule has 1 unspecified atom stereocenters.